The highest BCUT2D eigenvalue weighted by atomic mass is 16.2. The van der Waals surface area contributed by atoms with Gasteiger partial charge in [0.25, 0.3) is 11.5 Å². The number of rotatable bonds is 2. The number of amides is 1. The number of hydrogen-bond donors (Lipinski definition) is 2. The van der Waals surface area contributed by atoms with Gasteiger partial charge in [-0.2, -0.15) is 0 Å². The molecule has 5 rings (SSSR count). The van der Waals surface area contributed by atoms with Crippen molar-refractivity contribution in [1.82, 2.24) is 19.9 Å². The zero-order valence-electron chi connectivity index (χ0n) is 16.9. The molecule has 7 nitrogen and oxygen atoms in total. The maximum atomic E-state index is 13.4. The number of nitrogens with zero attached hydrogens (tertiary/aromatic N) is 2. The number of aromatic nitrogens is 3. The van der Waals surface area contributed by atoms with E-state index in [9.17, 15) is 14.4 Å². The van der Waals surface area contributed by atoms with Gasteiger partial charge in [-0.3, -0.25) is 19.6 Å². The van der Waals surface area contributed by atoms with E-state index in [0.717, 1.165) is 11.1 Å². The van der Waals surface area contributed by atoms with E-state index in [2.05, 4.69) is 33.2 Å². The highest BCUT2D eigenvalue weighted by Gasteiger charge is 2.30. The average molecular weight is 412 g/mol. The van der Waals surface area contributed by atoms with Crippen molar-refractivity contribution in [3.63, 3.8) is 0 Å². The molecule has 31 heavy (non-hydrogen) atoms. The fourth-order valence-electron chi connectivity index (χ4n) is 4.36. The van der Waals surface area contributed by atoms with Crippen LogP contribution in [0.4, 0.5) is 0 Å². The molecule has 7 heteroatoms. The van der Waals surface area contributed by atoms with Crippen LogP contribution in [0.2, 0.25) is 0 Å². The van der Waals surface area contributed by atoms with Gasteiger partial charge < -0.3 is 4.90 Å². The third-order valence-corrected chi connectivity index (χ3v) is 5.81. The summed E-state index contributed by atoms with van der Waals surface area (Å²) in [6.45, 7) is 2.72. The Morgan fingerprint density at radius 2 is 1.77 bits per heavy atom. The van der Waals surface area contributed by atoms with Crippen LogP contribution in [0.1, 0.15) is 38.7 Å². The molecule has 1 amide bonds. The number of fused-ring (bicyclic) bond motifs is 2. The van der Waals surface area contributed by atoms with Crippen LogP contribution in [-0.4, -0.2) is 32.3 Å². The maximum Gasteiger partial charge on any atom is 0.327 e. The second kappa shape index (κ2) is 7.36. The van der Waals surface area contributed by atoms with Gasteiger partial charge in [-0.25, -0.2) is 9.78 Å². The summed E-state index contributed by atoms with van der Waals surface area (Å²) in [5, 5.41) is 0.280. The Morgan fingerprint density at radius 3 is 2.58 bits per heavy atom. The molecule has 2 aromatic carbocycles. The lowest BCUT2D eigenvalue weighted by Crippen LogP contribution is -2.39. The number of hydrogen-bond acceptors (Lipinski definition) is 4. The van der Waals surface area contributed by atoms with Crippen LogP contribution in [0.3, 0.4) is 0 Å². The van der Waals surface area contributed by atoms with Gasteiger partial charge in [0.2, 0.25) is 0 Å². The van der Waals surface area contributed by atoms with E-state index in [1.165, 1.54) is 5.56 Å². The van der Waals surface area contributed by atoms with Crippen molar-refractivity contribution in [2.24, 2.45) is 0 Å². The van der Waals surface area contributed by atoms with Crippen molar-refractivity contribution >= 4 is 16.9 Å². The van der Waals surface area contributed by atoms with E-state index in [1.807, 2.05) is 36.4 Å². The second-order valence-electron chi connectivity index (χ2n) is 7.80. The molecular formula is C24H20N4O3. The Labute approximate surface area is 177 Å². The van der Waals surface area contributed by atoms with Crippen LogP contribution >= 0.6 is 0 Å². The van der Waals surface area contributed by atoms with Gasteiger partial charge in [0.05, 0.1) is 5.39 Å². The third kappa shape index (κ3) is 3.34. The average Bonchev–Trinajstić information content (AvgIpc) is 2.77. The molecule has 0 aliphatic carbocycles. The number of benzene rings is 2. The molecule has 1 aliphatic rings. The smallest absolute Gasteiger partial charge is 0.327 e. The number of carbonyl (C=O) groups is 1. The Balaban J connectivity index is 1.57. The molecule has 0 bridgehead atoms. The number of aromatic amines is 2. The Kier molecular flexibility index (Phi) is 4.51. The Bertz CT molecular complexity index is 1420. The lowest BCUT2D eigenvalue weighted by atomic mass is 9.84. The fraction of sp³-hybridized carbons (Fsp3) is 0.167. The van der Waals surface area contributed by atoms with Crippen molar-refractivity contribution in [3.05, 3.63) is 109 Å². The first-order valence-corrected chi connectivity index (χ1v) is 10.1. The summed E-state index contributed by atoms with van der Waals surface area (Å²) in [7, 11) is 0. The summed E-state index contributed by atoms with van der Waals surface area (Å²) in [5.41, 5.74) is 3.21. The lowest BCUT2D eigenvalue weighted by Gasteiger charge is -2.35. The molecule has 2 aromatic heterocycles. The van der Waals surface area contributed by atoms with Gasteiger partial charge in [-0.05, 0) is 35.2 Å². The Morgan fingerprint density at radius 1 is 1.03 bits per heavy atom. The van der Waals surface area contributed by atoms with E-state index >= 15 is 0 Å². The van der Waals surface area contributed by atoms with Gasteiger partial charge in [0.1, 0.15) is 11.3 Å². The van der Waals surface area contributed by atoms with Crippen molar-refractivity contribution in [3.8, 4) is 0 Å². The van der Waals surface area contributed by atoms with Gasteiger partial charge in [-0.15, -0.1) is 0 Å². The van der Waals surface area contributed by atoms with E-state index in [0.29, 0.717) is 18.7 Å². The molecule has 4 aromatic rings. The van der Waals surface area contributed by atoms with Crippen molar-refractivity contribution in [1.29, 1.82) is 0 Å². The first-order valence-electron chi connectivity index (χ1n) is 10.1. The zero-order valence-corrected chi connectivity index (χ0v) is 16.9. The second-order valence-corrected chi connectivity index (χ2v) is 7.80. The van der Waals surface area contributed by atoms with E-state index < -0.39 is 11.2 Å². The standard InChI is InChI=1S/C24H20N4O3/c1-14-11-19(25-21-20(14)22(29)27-24(31)26-21)23(30)28-12-16-9-5-6-10-17(16)18(13-28)15-7-3-2-4-8-15/h2-11,18H,12-13H2,1H3,(H2,25,26,27,29,31). The first kappa shape index (κ1) is 19.0. The minimum absolute atomic E-state index is 0.0549. The molecular weight excluding hydrogens is 392 g/mol. The molecule has 0 radical (unpaired) electrons. The summed E-state index contributed by atoms with van der Waals surface area (Å²) in [4.78, 5) is 48.1. The normalized spacial score (nSPS) is 15.6. The molecule has 1 aliphatic heterocycles. The van der Waals surface area contributed by atoms with Crippen LogP contribution in [0.15, 0.2) is 70.3 Å². The number of pyridine rings is 1. The quantitative estimate of drug-likeness (QED) is 0.529. The van der Waals surface area contributed by atoms with Gasteiger partial charge in [0, 0.05) is 19.0 Å². The largest absolute Gasteiger partial charge is 0.332 e. The van der Waals surface area contributed by atoms with Crippen molar-refractivity contribution in [2.45, 2.75) is 19.4 Å². The monoisotopic (exact) mass is 412 g/mol. The summed E-state index contributed by atoms with van der Waals surface area (Å²) < 4.78 is 0. The molecule has 2 N–H and O–H groups in total. The molecule has 1 unspecified atom stereocenters. The van der Waals surface area contributed by atoms with Gasteiger partial charge in [-0.1, -0.05) is 54.6 Å². The highest BCUT2D eigenvalue weighted by Crippen LogP contribution is 2.34. The van der Waals surface area contributed by atoms with Crippen LogP contribution in [0, 0.1) is 6.92 Å². The summed E-state index contributed by atoms with van der Waals surface area (Å²) in [6.07, 6.45) is 0. The van der Waals surface area contributed by atoms with Gasteiger partial charge >= 0.3 is 5.69 Å². The van der Waals surface area contributed by atoms with Crippen molar-refractivity contribution in [2.75, 3.05) is 6.54 Å². The number of nitrogens with one attached hydrogen (secondary N) is 2. The minimum atomic E-state index is -0.648. The molecule has 1 atom stereocenters. The van der Waals surface area contributed by atoms with Gasteiger partial charge in [0.15, 0.2) is 0 Å². The highest BCUT2D eigenvalue weighted by molar-refractivity contribution is 5.95. The van der Waals surface area contributed by atoms with E-state index in [1.54, 1.807) is 17.9 Å². The molecule has 0 spiro atoms. The lowest BCUT2D eigenvalue weighted by molar-refractivity contribution is 0.0719. The number of carbonyl (C=O) groups excluding carboxylic acids is 1. The third-order valence-electron chi connectivity index (χ3n) is 5.81. The Hall–Kier alpha value is -4.00. The fourth-order valence-corrected chi connectivity index (χ4v) is 4.36. The van der Waals surface area contributed by atoms with E-state index in [4.69, 9.17) is 0 Å². The number of H-pyrrole nitrogens is 2. The minimum Gasteiger partial charge on any atom is -0.332 e. The summed E-state index contributed by atoms with van der Waals surface area (Å²) in [5.74, 6) is -0.180. The maximum absolute atomic E-state index is 13.4. The zero-order chi connectivity index (χ0) is 21.5. The van der Waals surface area contributed by atoms with Crippen LogP contribution in [0.25, 0.3) is 11.0 Å². The van der Waals surface area contributed by atoms with E-state index in [-0.39, 0.29) is 28.6 Å². The molecule has 0 fully saturated rings. The topological polar surface area (TPSA) is 98.9 Å². The van der Waals surface area contributed by atoms with Crippen LogP contribution in [0.5, 0.6) is 0 Å². The first-order chi connectivity index (χ1) is 15.0. The van der Waals surface area contributed by atoms with Crippen LogP contribution < -0.4 is 11.2 Å². The van der Waals surface area contributed by atoms with Crippen LogP contribution in [-0.2, 0) is 6.54 Å². The summed E-state index contributed by atoms with van der Waals surface area (Å²) >= 11 is 0. The van der Waals surface area contributed by atoms with Crippen molar-refractivity contribution < 1.29 is 4.79 Å². The molecule has 0 saturated heterocycles. The molecule has 0 saturated carbocycles. The predicted octanol–water partition coefficient (Wildman–Crippen LogP) is 2.71. The number of aryl methyl sites for hydroxylation is 1. The predicted molar refractivity (Wildman–Crippen MR) is 117 cm³/mol. The molecule has 3 heterocycles. The molecule has 154 valence electrons. The summed E-state index contributed by atoms with van der Waals surface area (Å²) in [6, 6.07) is 19.9. The SMILES string of the molecule is Cc1cc(C(=O)N2Cc3ccccc3C(c3ccccc3)C2)nc2[nH]c(=O)[nH]c(=O)c12.